The van der Waals surface area contributed by atoms with Crippen molar-refractivity contribution in [1.29, 1.82) is 0 Å². The zero-order valence-corrected chi connectivity index (χ0v) is 29.0. The molecule has 0 nitrogen and oxygen atoms in total. The number of fused-ring (bicyclic) bond motifs is 6. The SMILES string of the molecule is CC(C)(C)c1ccc2c(c1C[CH](c1c(C(C)(C)C)ccc3c1Cc1ccccc1-3)[Hf]([Cl])[Cl])Cc1ccccc1-2. The second kappa shape index (κ2) is 10.0. The zero-order chi connectivity index (χ0) is 27.7. The Labute approximate surface area is 249 Å². The van der Waals surface area contributed by atoms with Crippen LogP contribution in [0.25, 0.3) is 22.3 Å². The van der Waals surface area contributed by atoms with E-state index >= 15 is 0 Å². The van der Waals surface area contributed by atoms with Crippen molar-refractivity contribution in [3.8, 4) is 22.3 Å². The summed E-state index contributed by atoms with van der Waals surface area (Å²) in [4.78, 5) is 0. The number of hydrogen-bond acceptors (Lipinski definition) is 0. The summed E-state index contributed by atoms with van der Waals surface area (Å²) in [5.41, 5.74) is 17.2. The van der Waals surface area contributed by atoms with Crippen LogP contribution in [0.3, 0.4) is 0 Å². The van der Waals surface area contributed by atoms with E-state index in [1.165, 1.54) is 66.8 Å². The summed E-state index contributed by atoms with van der Waals surface area (Å²) >= 11 is -3.01. The van der Waals surface area contributed by atoms with Gasteiger partial charge >= 0.3 is 251 Å². The molecule has 199 valence electrons. The summed E-state index contributed by atoms with van der Waals surface area (Å²) in [5.74, 6) is 0. The van der Waals surface area contributed by atoms with Crippen molar-refractivity contribution >= 4 is 17.2 Å². The number of rotatable bonds is 4. The fraction of sp³-hybridized carbons (Fsp3) is 0.333. The van der Waals surface area contributed by atoms with E-state index in [1.54, 1.807) is 0 Å². The molecule has 4 aromatic carbocycles. The van der Waals surface area contributed by atoms with Crippen molar-refractivity contribution in [1.82, 2.24) is 0 Å². The molecule has 1 atom stereocenters. The summed E-state index contributed by atoms with van der Waals surface area (Å²) < 4.78 is 0.202. The van der Waals surface area contributed by atoms with E-state index in [0.29, 0.717) is 0 Å². The van der Waals surface area contributed by atoms with Gasteiger partial charge in [-0.25, -0.2) is 0 Å². The Morgan fingerprint density at radius 3 is 1.64 bits per heavy atom. The minimum atomic E-state index is -3.01. The molecule has 0 bridgehead atoms. The van der Waals surface area contributed by atoms with E-state index in [1.807, 2.05) is 0 Å². The second-order valence-corrected chi connectivity index (χ2v) is 26.2. The predicted molar refractivity (Wildman–Crippen MR) is 165 cm³/mol. The molecule has 0 aliphatic heterocycles. The van der Waals surface area contributed by atoms with Crippen LogP contribution in [-0.4, -0.2) is 0 Å². The van der Waals surface area contributed by atoms with E-state index in [-0.39, 0.29) is 14.5 Å². The van der Waals surface area contributed by atoms with Crippen molar-refractivity contribution in [2.45, 2.75) is 75.3 Å². The molecular formula is C36H37Cl2Hf. The molecular weight excluding hydrogens is 682 g/mol. The number of halogens is 2. The maximum absolute atomic E-state index is 7.25. The third-order valence-electron chi connectivity index (χ3n) is 8.77. The van der Waals surface area contributed by atoms with Gasteiger partial charge in [-0.05, 0) is 0 Å². The molecule has 0 saturated carbocycles. The van der Waals surface area contributed by atoms with Gasteiger partial charge in [-0.3, -0.25) is 0 Å². The van der Waals surface area contributed by atoms with E-state index in [0.717, 1.165) is 19.3 Å². The Kier molecular flexibility index (Phi) is 7.05. The summed E-state index contributed by atoms with van der Waals surface area (Å²) in [6.45, 7) is 14.0. The van der Waals surface area contributed by atoms with Crippen LogP contribution in [0, 0.1) is 0 Å². The molecule has 6 rings (SSSR count). The summed E-state index contributed by atoms with van der Waals surface area (Å²) in [6, 6.07) is 27.3. The van der Waals surface area contributed by atoms with Crippen molar-refractivity contribution in [3.05, 3.63) is 117 Å². The molecule has 0 saturated heterocycles. The first-order valence-electron chi connectivity index (χ1n) is 14.1. The fourth-order valence-electron chi connectivity index (χ4n) is 6.99. The van der Waals surface area contributed by atoms with Gasteiger partial charge in [0.15, 0.2) is 0 Å². The van der Waals surface area contributed by atoms with Gasteiger partial charge in [0.25, 0.3) is 0 Å². The molecule has 3 heteroatoms. The monoisotopic (exact) mass is 719 g/mol. The van der Waals surface area contributed by atoms with Crippen LogP contribution < -0.4 is 0 Å². The molecule has 0 fully saturated rings. The molecule has 0 N–H and O–H groups in total. The van der Waals surface area contributed by atoms with Crippen LogP contribution in [-0.2, 0) is 49.2 Å². The van der Waals surface area contributed by atoms with E-state index in [4.69, 9.17) is 17.2 Å². The van der Waals surface area contributed by atoms with Gasteiger partial charge in [-0.1, -0.05) is 0 Å². The van der Waals surface area contributed by atoms with Gasteiger partial charge in [0, 0.05) is 0 Å². The molecule has 1 unspecified atom stereocenters. The molecule has 0 radical (unpaired) electrons. The van der Waals surface area contributed by atoms with Crippen molar-refractivity contribution in [2.75, 3.05) is 0 Å². The maximum atomic E-state index is 7.25. The Morgan fingerprint density at radius 1 is 0.615 bits per heavy atom. The summed E-state index contributed by atoms with van der Waals surface area (Å²) in [6.07, 6.45) is 2.89. The fourth-order valence-corrected chi connectivity index (χ4v) is 13.3. The van der Waals surface area contributed by atoms with E-state index in [9.17, 15) is 0 Å². The van der Waals surface area contributed by atoms with Crippen LogP contribution in [0.2, 0.25) is 0 Å². The van der Waals surface area contributed by atoms with Gasteiger partial charge in [0.05, 0.1) is 0 Å². The van der Waals surface area contributed by atoms with Crippen LogP contribution in [0.4, 0.5) is 0 Å². The normalized spacial score (nSPS) is 14.5. The molecule has 2 aliphatic rings. The van der Waals surface area contributed by atoms with Gasteiger partial charge in [0.2, 0.25) is 0 Å². The Balaban J connectivity index is 1.56. The minimum absolute atomic E-state index is 0.00807. The first-order chi connectivity index (χ1) is 18.4. The van der Waals surface area contributed by atoms with Gasteiger partial charge in [-0.15, -0.1) is 0 Å². The van der Waals surface area contributed by atoms with Crippen LogP contribution >= 0.6 is 17.2 Å². The predicted octanol–water partition coefficient (Wildman–Crippen LogP) is 10.6. The van der Waals surface area contributed by atoms with Gasteiger partial charge in [-0.2, -0.15) is 0 Å². The number of hydrogen-bond donors (Lipinski definition) is 0. The van der Waals surface area contributed by atoms with Crippen molar-refractivity contribution in [3.63, 3.8) is 0 Å². The molecule has 2 aliphatic carbocycles. The van der Waals surface area contributed by atoms with Gasteiger partial charge < -0.3 is 0 Å². The number of benzene rings is 4. The van der Waals surface area contributed by atoms with Crippen LogP contribution in [0.1, 0.15) is 89.7 Å². The molecule has 39 heavy (non-hydrogen) atoms. The molecule has 0 spiro atoms. The first-order valence-corrected chi connectivity index (χ1v) is 25.1. The van der Waals surface area contributed by atoms with Crippen LogP contribution in [0.5, 0.6) is 0 Å². The van der Waals surface area contributed by atoms with E-state index < -0.39 is 19.1 Å². The second-order valence-electron chi connectivity index (χ2n) is 13.4. The average Bonchev–Trinajstić information content (AvgIpc) is 3.44. The zero-order valence-electron chi connectivity index (χ0n) is 23.9. The molecule has 0 aromatic heterocycles. The Bertz CT molecular complexity index is 1580. The van der Waals surface area contributed by atoms with Gasteiger partial charge in [0.1, 0.15) is 0 Å². The van der Waals surface area contributed by atoms with Crippen LogP contribution in [0.15, 0.2) is 72.8 Å². The van der Waals surface area contributed by atoms with E-state index in [2.05, 4.69) is 114 Å². The quantitative estimate of drug-likeness (QED) is 0.159. The van der Waals surface area contributed by atoms with Crippen molar-refractivity contribution in [2.24, 2.45) is 0 Å². The third-order valence-corrected chi connectivity index (χ3v) is 16.7. The topological polar surface area (TPSA) is 0 Å². The summed E-state index contributed by atoms with van der Waals surface area (Å²) in [7, 11) is 14.5. The third kappa shape index (κ3) is 4.81. The van der Waals surface area contributed by atoms with Crippen molar-refractivity contribution < 1.29 is 19.1 Å². The first kappa shape index (κ1) is 27.5. The molecule has 4 aromatic rings. The Hall–Kier alpha value is -1.67. The average molecular weight is 719 g/mol. The molecule has 0 amide bonds. The molecule has 0 heterocycles. The Morgan fingerprint density at radius 2 is 1.10 bits per heavy atom. The summed E-state index contributed by atoms with van der Waals surface area (Å²) in [5, 5.41) is 0. The standard InChI is InChI=1S/C36H37.2ClH.Hf/c1-35(2,3)33-19-17-27-25-13-9-7-11-23(25)21-31(27)29(33)15-16-30-32-22-24-12-8-10-14-26(24)28(32)18-20-34(30)36(4,5)6;;;/h7-15,17-20H,16,21-22H2,1-6H3;2*1H;/q;;;+2/p-2.